The minimum Gasteiger partial charge on any atom is -0.332 e. The van der Waals surface area contributed by atoms with Gasteiger partial charge < -0.3 is 5.32 Å². The molecule has 0 fully saturated rings. The second-order valence-electron chi connectivity index (χ2n) is 4.71. The number of thiocarbonyl (C=S) groups is 1. The maximum absolute atomic E-state index is 12.2. The minimum absolute atomic E-state index is 0.206. The van der Waals surface area contributed by atoms with Crippen LogP contribution < -0.4 is 10.6 Å². The molecule has 0 saturated carbocycles. The fourth-order valence-electron chi connectivity index (χ4n) is 1.84. The van der Waals surface area contributed by atoms with Crippen LogP contribution in [0.4, 0.5) is 5.69 Å². The lowest BCUT2D eigenvalue weighted by atomic mass is 10.1. The number of hydrogen-bond acceptors (Lipinski definition) is 2. The van der Waals surface area contributed by atoms with Crippen molar-refractivity contribution >= 4 is 51.5 Å². The number of halogens is 1. The molecule has 108 valence electrons. The molecule has 2 rings (SSSR count). The smallest absolute Gasteiger partial charge is 0.258 e. The molecule has 0 heterocycles. The maximum Gasteiger partial charge on any atom is 0.258 e. The third-order valence-electron chi connectivity index (χ3n) is 2.99. The van der Waals surface area contributed by atoms with Crippen molar-refractivity contribution in [1.29, 1.82) is 0 Å². The van der Waals surface area contributed by atoms with Crippen LogP contribution in [0.15, 0.2) is 42.5 Å². The highest BCUT2D eigenvalue weighted by molar-refractivity contribution is 14.1. The first-order valence-electron chi connectivity index (χ1n) is 6.41. The maximum atomic E-state index is 12.2. The molecular weight excluding hydrogens is 395 g/mol. The van der Waals surface area contributed by atoms with Gasteiger partial charge >= 0.3 is 0 Å². The molecule has 3 nitrogen and oxygen atoms in total. The van der Waals surface area contributed by atoms with Gasteiger partial charge in [0.25, 0.3) is 5.91 Å². The predicted molar refractivity (Wildman–Crippen MR) is 98.8 cm³/mol. The van der Waals surface area contributed by atoms with E-state index in [1.165, 1.54) is 0 Å². The highest BCUT2D eigenvalue weighted by atomic mass is 127. The molecule has 0 aromatic heterocycles. The lowest BCUT2D eigenvalue weighted by Gasteiger charge is -2.13. The summed E-state index contributed by atoms with van der Waals surface area (Å²) in [7, 11) is 0. The molecule has 2 N–H and O–H groups in total. The number of amides is 1. The molecule has 0 radical (unpaired) electrons. The van der Waals surface area contributed by atoms with Gasteiger partial charge in [-0.25, -0.2) is 0 Å². The lowest BCUT2D eigenvalue weighted by Crippen LogP contribution is -2.34. The van der Waals surface area contributed by atoms with Crippen LogP contribution >= 0.6 is 34.8 Å². The topological polar surface area (TPSA) is 41.1 Å². The molecule has 0 unspecified atom stereocenters. The van der Waals surface area contributed by atoms with Gasteiger partial charge in [0, 0.05) is 9.26 Å². The van der Waals surface area contributed by atoms with Crippen molar-refractivity contribution in [3.05, 3.63) is 62.7 Å². The van der Waals surface area contributed by atoms with Crippen LogP contribution in [-0.2, 0) is 0 Å². The second-order valence-corrected chi connectivity index (χ2v) is 6.28. The predicted octanol–water partition coefficient (Wildman–Crippen LogP) is 4.03. The number of carbonyl (C=O) groups excluding carboxylic acids is 1. The highest BCUT2D eigenvalue weighted by Gasteiger charge is 2.11. The summed E-state index contributed by atoms with van der Waals surface area (Å²) in [5.41, 5.74) is 3.73. The van der Waals surface area contributed by atoms with Gasteiger partial charge in [-0.3, -0.25) is 10.1 Å². The SMILES string of the molecule is Cc1ccc(C)c(NC(=S)NC(=O)c2ccccc2I)c1. The number of anilines is 1. The van der Waals surface area contributed by atoms with Crippen LogP contribution in [0.1, 0.15) is 21.5 Å². The van der Waals surface area contributed by atoms with Crippen molar-refractivity contribution in [2.24, 2.45) is 0 Å². The standard InChI is InChI=1S/C16H15IN2OS/c1-10-7-8-11(2)14(9-10)18-16(21)19-15(20)12-5-3-4-6-13(12)17/h3-9H,1-2H3,(H2,18,19,20,21). The third-order valence-corrected chi connectivity index (χ3v) is 4.13. The van der Waals surface area contributed by atoms with Gasteiger partial charge in [0.05, 0.1) is 5.56 Å². The van der Waals surface area contributed by atoms with Gasteiger partial charge in [-0.1, -0.05) is 24.3 Å². The summed E-state index contributed by atoms with van der Waals surface area (Å²) in [4.78, 5) is 12.2. The van der Waals surface area contributed by atoms with Crippen LogP contribution in [0, 0.1) is 17.4 Å². The number of carbonyl (C=O) groups is 1. The largest absolute Gasteiger partial charge is 0.332 e. The molecule has 1 amide bonds. The number of aryl methyl sites for hydroxylation is 2. The van der Waals surface area contributed by atoms with Crippen molar-refractivity contribution in [3.8, 4) is 0 Å². The third kappa shape index (κ3) is 4.25. The molecule has 0 saturated heterocycles. The van der Waals surface area contributed by atoms with Crippen LogP contribution in [0.5, 0.6) is 0 Å². The molecule has 5 heteroatoms. The van der Waals surface area contributed by atoms with Crippen molar-refractivity contribution in [2.75, 3.05) is 5.32 Å². The van der Waals surface area contributed by atoms with Crippen LogP contribution in [0.2, 0.25) is 0 Å². The first-order valence-corrected chi connectivity index (χ1v) is 7.90. The van der Waals surface area contributed by atoms with Crippen LogP contribution in [-0.4, -0.2) is 11.0 Å². The van der Waals surface area contributed by atoms with Crippen molar-refractivity contribution in [2.45, 2.75) is 13.8 Å². The zero-order valence-corrected chi connectivity index (χ0v) is 14.7. The zero-order valence-electron chi connectivity index (χ0n) is 11.7. The molecule has 2 aromatic carbocycles. The lowest BCUT2D eigenvalue weighted by molar-refractivity contribution is 0.0977. The Kier molecular flexibility index (Phi) is 5.30. The Morgan fingerprint density at radius 1 is 1.14 bits per heavy atom. The molecular formula is C16H15IN2OS. The Balaban J connectivity index is 2.07. The van der Waals surface area contributed by atoms with E-state index >= 15 is 0 Å². The van der Waals surface area contributed by atoms with E-state index in [4.69, 9.17) is 12.2 Å². The highest BCUT2D eigenvalue weighted by Crippen LogP contribution is 2.16. The molecule has 2 aromatic rings. The fourth-order valence-corrected chi connectivity index (χ4v) is 2.67. The summed E-state index contributed by atoms with van der Waals surface area (Å²) in [5, 5.41) is 6.08. The molecule has 21 heavy (non-hydrogen) atoms. The Morgan fingerprint density at radius 2 is 1.86 bits per heavy atom. The van der Waals surface area contributed by atoms with Gasteiger partial charge in [0.15, 0.2) is 5.11 Å². The fraction of sp³-hybridized carbons (Fsp3) is 0.125. The van der Waals surface area contributed by atoms with E-state index in [1.54, 1.807) is 6.07 Å². The summed E-state index contributed by atoms with van der Waals surface area (Å²) >= 11 is 7.34. The molecule has 0 atom stereocenters. The van der Waals surface area contributed by atoms with E-state index in [-0.39, 0.29) is 5.91 Å². The quantitative estimate of drug-likeness (QED) is 0.580. The van der Waals surface area contributed by atoms with Gasteiger partial charge in [-0.05, 0) is 78.0 Å². The first kappa shape index (κ1) is 15.9. The Morgan fingerprint density at radius 3 is 2.57 bits per heavy atom. The monoisotopic (exact) mass is 410 g/mol. The average Bonchev–Trinajstić information content (AvgIpc) is 2.43. The van der Waals surface area contributed by atoms with E-state index < -0.39 is 0 Å². The average molecular weight is 410 g/mol. The van der Waals surface area contributed by atoms with E-state index in [0.717, 1.165) is 20.4 Å². The van der Waals surface area contributed by atoms with Crippen molar-refractivity contribution in [3.63, 3.8) is 0 Å². The zero-order chi connectivity index (χ0) is 15.4. The first-order chi connectivity index (χ1) is 9.97. The normalized spacial score (nSPS) is 10.0. The summed E-state index contributed by atoms with van der Waals surface area (Å²) in [6, 6.07) is 13.4. The summed E-state index contributed by atoms with van der Waals surface area (Å²) in [6.07, 6.45) is 0. The Bertz CT molecular complexity index is 700. The van der Waals surface area contributed by atoms with Crippen molar-refractivity contribution < 1.29 is 4.79 Å². The van der Waals surface area contributed by atoms with Gasteiger partial charge in [0.1, 0.15) is 0 Å². The van der Waals surface area contributed by atoms with E-state index in [2.05, 4.69) is 33.2 Å². The van der Waals surface area contributed by atoms with E-state index in [1.807, 2.05) is 50.2 Å². The number of hydrogen-bond donors (Lipinski definition) is 2. The van der Waals surface area contributed by atoms with Crippen molar-refractivity contribution in [1.82, 2.24) is 5.32 Å². The summed E-state index contributed by atoms with van der Waals surface area (Å²) in [6.45, 7) is 4.00. The molecule has 0 aliphatic carbocycles. The van der Waals surface area contributed by atoms with Gasteiger partial charge in [-0.2, -0.15) is 0 Å². The number of nitrogens with one attached hydrogen (secondary N) is 2. The second kappa shape index (κ2) is 7.00. The van der Waals surface area contributed by atoms with Crippen LogP contribution in [0.25, 0.3) is 0 Å². The molecule has 0 aliphatic heterocycles. The van der Waals surface area contributed by atoms with E-state index in [0.29, 0.717) is 10.7 Å². The molecule has 0 spiro atoms. The minimum atomic E-state index is -0.206. The summed E-state index contributed by atoms with van der Waals surface area (Å²) in [5.74, 6) is -0.206. The number of benzene rings is 2. The Labute approximate surface area is 143 Å². The van der Waals surface area contributed by atoms with E-state index in [9.17, 15) is 4.79 Å². The van der Waals surface area contributed by atoms with Gasteiger partial charge in [-0.15, -0.1) is 0 Å². The molecule has 0 bridgehead atoms. The molecule has 0 aliphatic rings. The van der Waals surface area contributed by atoms with Crippen LogP contribution in [0.3, 0.4) is 0 Å². The number of rotatable bonds is 2. The summed E-state index contributed by atoms with van der Waals surface area (Å²) < 4.78 is 0.891. The Hall–Kier alpha value is -1.47. The van der Waals surface area contributed by atoms with Gasteiger partial charge in [0.2, 0.25) is 0 Å².